The minimum atomic E-state index is -0.480. The first-order valence-corrected chi connectivity index (χ1v) is 11.0. The second-order valence-electron chi connectivity index (χ2n) is 7.91. The number of carbonyl (C=O) groups is 2. The summed E-state index contributed by atoms with van der Waals surface area (Å²) < 4.78 is 6.67. The van der Waals surface area contributed by atoms with Crippen LogP contribution in [0.25, 0.3) is 11.0 Å². The minimum Gasteiger partial charge on any atom is -0.462 e. The number of nitrogens with zero attached hydrogens (tertiary/aromatic N) is 3. The maximum Gasteiger partial charge on any atom is 0.340 e. The first-order chi connectivity index (χ1) is 16.0. The average molecular weight is 450 g/mol. The highest BCUT2D eigenvalue weighted by Crippen LogP contribution is 2.19. The van der Waals surface area contributed by atoms with Gasteiger partial charge in [0, 0.05) is 26.2 Å². The van der Waals surface area contributed by atoms with E-state index in [9.17, 15) is 14.4 Å². The number of esters is 1. The number of nitrogens with one attached hydrogen (secondary N) is 2. The molecule has 0 spiro atoms. The Morgan fingerprint density at radius 2 is 1.79 bits per heavy atom. The molecule has 1 aliphatic heterocycles. The molecule has 2 heterocycles. The summed E-state index contributed by atoms with van der Waals surface area (Å²) >= 11 is 0. The molecule has 1 saturated heterocycles. The monoisotopic (exact) mass is 449 g/mol. The smallest absolute Gasteiger partial charge is 0.340 e. The zero-order valence-corrected chi connectivity index (χ0v) is 18.7. The molecular formula is C24H27N5O4. The van der Waals surface area contributed by atoms with Crippen LogP contribution in [0.3, 0.4) is 0 Å². The lowest BCUT2D eigenvalue weighted by atomic mass is 10.1. The summed E-state index contributed by atoms with van der Waals surface area (Å²) in [5.74, 6) is -0.0476. The van der Waals surface area contributed by atoms with Crippen LogP contribution in [0.15, 0.2) is 53.3 Å². The molecule has 1 fully saturated rings. The topological polar surface area (TPSA) is 106 Å². The number of urea groups is 1. The summed E-state index contributed by atoms with van der Waals surface area (Å²) in [6.07, 6.45) is 1.34. The molecule has 3 aromatic rings. The Bertz CT molecular complexity index is 1230. The maximum atomic E-state index is 12.8. The lowest BCUT2D eigenvalue weighted by Gasteiger charge is -2.33. The number of aryl methyl sites for hydroxylation is 1. The number of amides is 2. The summed E-state index contributed by atoms with van der Waals surface area (Å²) in [7, 11) is 1.75. The number of hydrogen-bond acceptors (Lipinski definition) is 6. The summed E-state index contributed by atoms with van der Waals surface area (Å²) in [6.45, 7) is 3.19. The molecule has 0 bridgehead atoms. The number of anilines is 2. The molecule has 1 aliphatic rings. The molecule has 9 nitrogen and oxygen atoms in total. The predicted octanol–water partition coefficient (Wildman–Crippen LogP) is 2.90. The Kier molecular flexibility index (Phi) is 6.58. The van der Waals surface area contributed by atoms with Crippen molar-refractivity contribution in [2.75, 3.05) is 29.9 Å². The fraction of sp³-hybridized carbons (Fsp3) is 0.333. The van der Waals surface area contributed by atoms with Gasteiger partial charge >= 0.3 is 12.0 Å². The second-order valence-corrected chi connectivity index (χ2v) is 7.91. The van der Waals surface area contributed by atoms with Gasteiger partial charge in [0.25, 0.3) is 5.56 Å². The second kappa shape index (κ2) is 9.72. The van der Waals surface area contributed by atoms with Crippen molar-refractivity contribution < 1.29 is 14.3 Å². The first-order valence-electron chi connectivity index (χ1n) is 11.0. The van der Waals surface area contributed by atoms with Gasteiger partial charge in [-0.2, -0.15) is 0 Å². The van der Waals surface area contributed by atoms with E-state index in [0.717, 1.165) is 11.0 Å². The van der Waals surface area contributed by atoms with Gasteiger partial charge in [-0.15, -0.1) is 0 Å². The van der Waals surface area contributed by atoms with Crippen LogP contribution in [-0.2, 0) is 11.8 Å². The molecule has 0 saturated carbocycles. The van der Waals surface area contributed by atoms with Gasteiger partial charge in [0.05, 0.1) is 28.9 Å². The van der Waals surface area contributed by atoms with E-state index in [1.54, 1.807) is 42.8 Å². The van der Waals surface area contributed by atoms with Gasteiger partial charge in [-0.05, 0) is 44.0 Å². The van der Waals surface area contributed by atoms with Crippen molar-refractivity contribution in [3.05, 3.63) is 64.4 Å². The molecule has 0 unspecified atom stereocenters. The van der Waals surface area contributed by atoms with Gasteiger partial charge in [-0.3, -0.25) is 4.79 Å². The largest absolute Gasteiger partial charge is 0.462 e. The van der Waals surface area contributed by atoms with Crippen LogP contribution in [0.1, 0.15) is 30.1 Å². The van der Waals surface area contributed by atoms with Crippen molar-refractivity contribution in [3.63, 3.8) is 0 Å². The molecule has 0 radical (unpaired) electrons. The van der Waals surface area contributed by atoms with E-state index in [1.165, 1.54) is 0 Å². The van der Waals surface area contributed by atoms with Crippen molar-refractivity contribution >= 4 is 34.5 Å². The summed E-state index contributed by atoms with van der Waals surface area (Å²) in [5, 5.41) is 5.71. The van der Waals surface area contributed by atoms with Crippen LogP contribution in [0, 0.1) is 0 Å². The van der Waals surface area contributed by atoms with E-state index in [2.05, 4.69) is 15.6 Å². The van der Waals surface area contributed by atoms with Crippen LogP contribution < -0.4 is 21.1 Å². The fourth-order valence-electron chi connectivity index (χ4n) is 4.03. The summed E-state index contributed by atoms with van der Waals surface area (Å²) in [6, 6.07) is 13.9. The molecule has 9 heteroatoms. The van der Waals surface area contributed by atoms with Gasteiger partial charge in [-0.25, -0.2) is 14.6 Å². The summed E-state index contributed by atoms with van der Waals surface area (Å²) in [5.41, 5.74) is 2.14. The number of para-hydroxylation sites is 3. The number of aromatic nitrogens is 2. The summed E-state index contributed by atoms with van der Waals surface area (Å²) in [4.78, 5) is 44.0. The number of ether oxygens (including phenoxy) is 1. The van der Waals surface area contributed by atoms with Crippen molar-refractivity contribution in [1.29, 1.82) is 0 Å². The molecular weight excluding hydrogens is 422 g/mol. The Hall–Kier alpha value is -3.88. The van der Waals surface area contributed by atoms with Crippen LogP contribution in [0.5, 0.6) is 0 Å². The van der Waals surface area contributed by atoms with Crippen molar-refractivity contribution in [3.8, 4) is 0 Å². The highest BCUT2D eigenvalue weighted by molar-refractivity contribution is 6.00. The Balaban J connectivity index is 1.38. The SMILES string of the molecule is CCOC(=O)c1ccccc1NC(=O)NC1CCN(c2nc3ccccc3n(C)c2=O)CC1. The van der Waals surface area contributed by atoms with Crippen LogP contribution in [0.4, 0.5) is 16.3 Å². The fourth-order valence-corrected chi connectivity index (χ4v) is 4.03. The number of piperidine rings is 1. The van der Waals surface area contributed by atoms with E-state index in [4.69, 9.17) is 4.74 Å². The third-order valence-electron chi connectivity index (χ3n) is 5.77. The van der Waals surface area contributed by atoms with Crippen molar-refractivity contribution in [1.82, 2.24) is 14.9 Å². The van der Waals surface area contributed by atoms with E-state index in [1.807, 2.05) is 29.2 Å². The standard InChI is InChI=1S/C24H27N5O4/c1-3-33-23(31)17-8-4-5-9-18(17)27-24(32)25-16-12-14-29(15-13-16)21-22(30)28(2)20-11-7-6-10-19(20)26-21/h4-11,16H,3,12-15H2,1-2H3,(H2,25,27,32). The maximum absolute atomic E-state index is 12.8. The number of fused-ring (bicyclic) bond motifs is 1. The lowest BCUT2D eigenvalue weighted by Crippen LogP contribution is -2.47. The molecule has 0 aliphatic carbocycles. The van der Waals surface area contributed by atoms with E-state index >= 15 is 0 Å². The quantitative estimate of drug-likeness (QED) is 0.581. The first kappa shape index (κ1) is 22.3. The Labute approximate surface area is 191 Å². The van der Waals surface area contributed by atoms with E-state index in [-0.39, 0.29) is 24.2 Å². The number of hydrogen-bond donors (Lipinski definition) is 2. The van der Waals surface area contributed by atoms with Gasteiger partial charge in [-0.1, -0.05) is 24.3 Å². The normalized spacial score (nSPS) is 14.2. The number of carbonyl (C=O) groups excluding carboxylic acids is 2. The van der Waals surface area contributed by atoms with Crippen LogP contribution in [-0.4, -0.2) is 47.3 Å². The zero-order valence-electron chi connectivity index (χ0n) is 18.7. The zero-order chi connectivity index (χ0) is 23.4. The molecule has 2 aromatic carbocycles. The molecule has 2 N–H and O–H groups in total. The van der Waals surface area contributed by atoms with E-state index in [0.29, 0.717) is 43.0 Å². The Morgan fingerprint density at radius 1 is 1.09 bits per heavy atom. The highest BCUT2D eigenvalue weighted by atomic mass is 16.5. The van der Waals surface area contributed by atoms with E-state index < -0.39 is 5.97 Å². The van der Waals surface area contributed by atoms with Gasteiger partial charge in [0.15, 0.2) is 5.82 Å². The third-order valence-corrected chi connectivity index (χ3v) is 5.77. The molecule has 33 heavy (non-hydrogen) atoms. The molecule has 4 rings (SSSR count). The number of benzene rings is 2. The van der Waals surface area contributed by atoms with Crippen molar-refractivity contribution in [2.45, 2.75) is 25.8 Å². The third kappa shape index (κ3) is 4.82. The average Bonchev–Trinajstić information content (AvgIpc) is 2.82. The van der Waals surface area contributed by atoms with Gasteiger partial charge in [0.2, 0.25) is 0 Å². The lowest BCUT2D eigenvalue weighted by molar-refractivity contribution is 0.0527. The van der Waals surface area contributed by atoms with Gasteiger partial charge < -0.3 is 24.8 Å². The van der Waals surface area contributed by atoms with Crippen molar-refractivity contribution in [2.24, 2.45) is 7.05 Å². The van der Waals surface area contributed by atoms with Crippen LogP contribution in [0.2, 0.25) is 0 Å². The number of rotatable bonds is 5. The van der Waals surface area contributed by atoms with Gasteiger partial charge in [0.1, 0.15) is 0 Å². The predicted molar refractivity (Wildman–Crippen MR) is 127 cm³/mol. The van der Waals surface area contributed by atoms with Crippen LogP contribution >= 0.6 is 0 Å². The molecule has 1 aromatic heterocycles. The molecule has 172 valence electrons. The molecule has 0 atom stereocenters. The highest BCUT2D eigenvalue weighted by Gasteiger charge is 2.24. The Morgan fingerprint density at radius 3 is 2.55 bits per heavy atom. The minimum absolute atomic E-state index is 0.0553. The molecule has 2 amide bonds.